The van der Waals surface area contributed by atoms with Crippen LogP contribution >= 0.6 is 19.0 Å². The molecule has 5 rings (SSSR count). The van der Waals surface area contributed by atoms with Crippen LogP contribution in [0.4, 0.5) is 0 Å². The standard InChI is InChI=1S/C23H20N2O.Ag.HI/c1-2-3-15-24-16-25(20-12-6-5-11-19(20)24)21-13-8-10-18-17-9-4-7-14-22(17)26-23(18)21;;/h4-14H,2-3,15H2,1H3;;1H/q;+1;/p-1. The molecule has 0 aliphatic carbocycles. The topological polar surface area (TPSA) is 21.9 Å². The third-order valence-electron chi connectivity index (χ3n) is 4.99. The van der Waals surface area contributed by atoms with E-state index in [9.17, 15) is 0 Å². The summed E-state index contributed by atoms with van der Waals surface area (Å²) in [5, 5.41) is 2.30. The molecule has 0 fully saturated rings. The van der Waals surface area contributed by atoms with Crippen LogP contribution in [0.3, 0.4) is 0 Å². The summed E-state index contributed by atoms with van der Waals surface area (Å²) >= 11 is 4.88. The van der Waals surface area contributed by atoms with Crippen molar-refractivity contribution < 1.29 is 26.2 Å². The van der Waals surface area contributed by atoms with E-state index in [1.807, 2.05) is 31.2 Å². The predicted molar refractivity (Wildman–Crippen MR) is 119 cm³/mol. The number of rotatable bonds is 4. The number of nitrogens with zero attached hydrogens (tertiary/aromatic N) is 2. The second-order valence-electron chi connectivity index (χ2n) is 6.68. The van der Waals surface area contributed by atoms with Crippen LogP contribution in [0.25, 0.3) is 38.7 Å². The van der Waals surface area contributed by atoms with Gasteiger partial charge >= 0.3 is 36.3 Å². The second kappa shape index (κ2) is 8.82. The van der Waals surface area contributed by atoms with Crippen molar-refractivity contribution in [1.29, 1.82) is 0 Å². The van der Waals surface area contributed by atoms with E-state index in [0.29, 0.717) is 0 Å². The molecule has 146 valence electrons. The molecule has 0 radical (unpaired) electrons. The Morgan fingerprint density at radius 3 is 2.57 bits per heavy atom. The third kappa shape index (κ3) is 3.43. The van der Waals surface area contributed by atoms with E-state index in [4.69, 9.17) is 4.42 Å². The number of halogens is 1. The van der Waals surface area contributed by atoms with Gasteiger partial charge in [0, 0.05) is 10.8 Å². The first kappa shape index (κ1) is 19.7. The van der Waals surface area contributed by atoms with Crippen LogP contribution in [0.5, 0.6) is 0 Å². The van der Waals surface area contributed by atoms with Crippen LogP contribution in [-0.4, -0.2) is 4.57 Å². The SMILES string of the molecule is CCCCn1[c-][n+](-c2cccc3c2oc2ccccc23)c2ccccc21.[Ag][I]. The zero-order valence-corrected chi connectivity index (χ0v) is 19.1. The van der Waals surface area contributed by atoms with Gasteiger partial charge in [-0.05, 0) is 12.5 Å². The quantitative estimate of drug-likeness (QED) is 0.107. The van der Waals surface area contributed by atoms with Crippen molar-refractivity contribution in [3.05, 3.63) is 73.1 Å². The number of unbranched alkanes of at least 4 members (excludes halogenated alkanes) is 1. The number of imidazole rings is 1. The molecule has 0 unspecified atom stereocenters. The van der Waals surface area contributed by atoms with Gasteiger partial charge in [-0.3, -0.25) is 0 Å². The molecular weight excluding hydrogens is 555 g/mol. The Labute approximate surface area is 186 Å². The van der Waals surface area contributed by atoms with Gasteiger partial charge in [-0.1, -0.05) is 74.0 Å². The normalized spacial score (nSPS) is 11.1. The molecule has 0 aliphatic heterocycles. The van der Waals surface area contributed by atoms with Crippen molar-refractivity contribution in [3.8, 4) is 5.69 Å². The van der Waals surface area contributed by atoms with E-state index < -0.39 is 0 Å². The van der Waals surface area contributed by atoms with E-state index in [2.05, 4.69) is 94.2 Å². The van der Waals surface area contributed by atoms with Crippen LogP contribution in [0, 0.1) is 6.33 Å². The summed E-state index contributed by atoms with van der Waals surface area (Å²) in [6.07, 6.45) is 5.86. The van der Waals surface area contributed by atoms with Gasteiger partial charge in [0.25, 0.3) is 0 Å². The van der Waals surface area contributed by atoms with E-state index in [1.54, 1.807) is 0 Å². The summed E-state index contributed by atoms with van der Waals surface area (Å²) in [6.45, 7) is 3.19. The molecule has 0 saturated heterocycles. The fourth-order valence-corrected chi connectivity index (χ4v) is 3.69. The fourth-order valence-electron chi connectivity index (χ4n) is 3.69. The minimum atomic E-state index is 0.911. The Bertz CT molecular complexity index is 1240. The van der Waals surface area contributed by atoms with E-state index >= 15 is 0 Å². The van der Waals surface area contributed by atoms with Crippen molar-refractivity contribution in [1.82, 2.24) is 4.57 Å². The number of aryl methyl sites for hydroxylation is 1. The first-order chi connectivity index (χ1) is 13.9. The zero-order chi connectivity index (χ0) is 19.5. The van der Waals surface area contributed by atoms with Crippen molar-refractivity contribution in [2.75, 3.05) is 0 Å². The molecule has 0 amide bonds. The van der Waals surface area contributed by atoms with Gasteiger partial charge in [0.2, 0.25) is 6.33 Å². The molecule has 3 nitrogen and oxygen atoms in total. The van der Waals surface area contributed by atoms with Crippen LogP contribution in [0.15, 0.2) is 71.1 Å². The van der Waals surface area contributed by atoms with Crippen molar-refractivity contribution in [3.63, 3.8) is 0 Å². The molecule has 0 bridgehead atoms. The Kier molecular flexibility index (Phi) is 6.21. The van der Waals surface area contributed by atoms with Crippen molar-refractivity contribution in [2.45, 2.75) is 26.3 Å². The molecule has 0 spiro atoms. The second-order valence-corrected chi connectivity index (χ2v) is 6.68. The van der Waals surface area contributed by atoms with Gasteiger partial charge in [-0.2, -0.15) is 0 Å². The Morgan fingerprint density at radius 1 is 0.964 bits per heavy atom. The monoisotopic (exact) mass is 574 g/mol. The molecule has 0 atom stereocenters. The number of benzene rings is 3. The van der Waals surface area contributed by atoms with Crippen LogP contribution in [0.2, 0.25) is 0 Å². The summed E-state index contributed by atoms with van der Waals surface area (Å²) in [4.78, 5) is 0. The van der Waals surface area contributed by atoms with E-state index in [1.165, 1.54) is 11.9 Å². The molecule has 0 N–H and O–H groups in total. The molecule has 0 saturated carbocycles. The van der Waals surface area contributed by atoms with E-state index in [-0.39, 0.29) is 0 Å². The summed E-state index contributed by atoms with van der Waals surface area (Å²) in [6, 6.07) is 23.0. The fraction of sp³-hybridized carbons (Fsp3) is 0.174. The third-order valence-corrected chi connectivity index (χ3v) is 4.99. The zero-order valence-electron chi connectivity index (χ0n) is 15.5. The molecule has 3 aromatic carbocycles. The summed E-state index contributed by atoms with van der Waals surface area (Å²) in [7, 11) is 0. The number of fused-ring (bicyclic) bond motifs is 4. The van der Waals surface area contributed by atoms with Gasteiger partial charge < -0.3 is 13.6 Å². The molecule has 5 aromatic rings. The Hall–Kier alpha value is -1.60. The summed E-state index contributed by atoms with van der Waals surface area (Å²) in [5.41, 5.74) is 5.22. The molecular formula is C23H20AgIN2O. The minimum absolute atomic E-state index is 0.911. The molecule has 0 aliphatic rings. The Morgan fingerprint density at radius 2 is 1.71 bits per heavy atom. The molecule has 5 heteroatoms. The van der Waals surface area contributed by atoms with Gasteiger partial charge in [0.15, 0.2) is 0 Å². The Balaban J connectivity index is 0.000000932. The van der Waals surface area contributed by atoms with Gasteiger partial charge in [-0.15, -0.1) is 0 Å². The van der Waals surface area contributed by atoms with Gasteiger partial charge in [-0.25, -0.2) is 0 Å². The van der Waals surface area contributed by atoms with Crippen LogP contribution in [-0.2, 0) is 23.8 Å². The molecule has 2 heterocycles. The maximum atomic E-state index is 6.23. The van der Waals surface area contributed by atoms with E-state index in [0.717, 1.165) is 46.1 Å². The van der Waals surface area contributed by atoms with Crippen LogP contribution in [0.1, 0.15) is 19.8 Å². The number of aromatic nitrogens is 2. The maximum absolute atomic E-state index is 6.23. The van der Waals surface area contributed by atoms with Gasteiger partial charge in [0.05, 0.1) is 23.3 Å². The first-order valence-corrected chi connectivity index (χ1v) is 13.7. The van der Waals surface area contributed by atoms with Crippen molar-refractivity contribution in [2.24, 2.45) is 0 Å². The number of hydrogen-bond donors (Lipinski definition) is 0. The average Bonchev–Trinajstić information content (AvgIpc) is 3.32. The molecule has 2 aromatic heterocycles. The number of furan rings is 1. The summed E-state index contributed by atoms with van der Waals surface area (Å²) < 4.78 is 10.6. The van der Waals surface area contributed by atoms with Gasteiger partial charge in [0.1, 0.15) is 11.2 Å². The molecule has 28 heavy (non-hydrogen) atoms. The van der Waals surface area contributed by atoms with Crippen molar-refractivity contribution >= 4 is 52.0 Å². The average molecular weight is 575 g/mol. The number of para-hydroxylation sites is 4. The van der Waals surface area contributed by atoms with Crippen LogP contribution < -0.4 is 4.57 Å². The predicted octanol–water partition coefficient (Wildman–Crippen LogP) is 6.30. The number of hydrogen-bond acceptors (Lipinski definition) is 1. The summed E-state index contributed by atoms with van der Waals surface area (Å²) in [5.74, 6) is 0. The first-order valence-electron chi connectivity index (χ1n) is 9.31.